The summed E-state index contributed by atoms with van der Waals surface area (Å²) in [5.41, 5.74) is 2.33. The third-order valence-electron chi connectivity index (χ3n) is 3.81. The Kier molecular flexibility index (Phi) is 5.09. The van der Waals surface area contributed by atoms with Gasteiger partial charge in [-0.3, -0.25) is 0 Å². The minimum absolute atomic E-state index is 0.241. The Balaban J connectivity index is 2.18. The summed E-state index contributed by atoms with van der Waals surface area (Å²) in [6.45, 7) is 1.98. The number of thiocarbonyl (C=S) groups is 1. The number of hydrogen-bond donors (Lipinski definition) is 2. The SMILES string of the molecule is CCOC(=O)C1=C(c2ccccc2)NC(=S)N[C@@H]1c1cccc(F)c1. The average molecular weight is 356 g/mol. The fraction of sp³-hybridized carbons (Fsp3) is 0.158. The molecule has 128 valence electrons. The van der Waals surface area contributed by atoms with Crippen LogP contribution in [0.1, 0.15) is 24.1 Å². The minimum Gasteiger partial charge on any atom is -0.463 e. The van der Waals surface area contributed by atoms with Crippen molar-refractivity contribution < 1.29 is 13.9 Å². The largest absolute Gasteiger partial charge is 0.463 e. The Morgan fingerprint density at radius 1 is 1.20 bits per heavy atom. The molecule has 1 atom stereocenters. The van der Waals surface area contributed by atoms with E-state index in [2.05, 4.69) is 10.6 Å². The summed E-state index contributed by atoms with van der Waals surface area (Å²) in [6.07, 6.45) is 0. The summed E-state index contributed by atoms with van der Waals surface area (Å²) < 4.78 is 18.9. The third-order valence-corrected chi connectivity index (χ3v) is 4.03. The second-order valence-electron chi connectivity index (χ2n) is 5.46. The first-order valence-corrected chi connectivity index (χ1v) is 8.30. The molecule has 4 nitrogen and oxygen atoms in total. The van der Waals surface area contributed by atoms with E-state index in [0.29, 0.717) is 21.9 Å². The number of esters is 1. The van der Waals surface area contributed by atoms with E-state index in [1.54, 1.807) is 19.1 Å². The summed E-state index contributed by atoms with van der Waals surface area (Å²) >= 11 is 5.29. The highest BCUT2D eigenvalue weighted by atomic mass is 32.1. The lowest BCUT2D eigenvalue weighted by atomic mass is 9.93. The van der Waals surface area contributed by atoms with Gasteiger partial charge in [-0.05, 0) is 42.4 Å². The van der Waals surface area contributed by atoms with E-state index in [9.17, 15) is 9.18 Å². The Labute approximate surface area is 150 Å². The Hall–Kier alpha value is -2.73. The number of carbonyl (C=O) groups is 1. The van der Waals surface area contributed by atoms with Crippen LogP contribution in [0.2, 0.25) is 0 Å². The highest BCUT2D eigenvalue weighted by Gasteiger charge is 2.33. The molecule has 0 unspecified atom stereocenters. The molecule has 0 fully saturated rings. The van der Waals surface area contributed by atoms with Gasteiger partial charge in [0.1, 0.15) is 5.82 Å². The Morgan fingerprint density at radius 2 is 1.96 bits per heavy atom. The van der Waals surface area contributed by atoms with Gasteiger partial charge in [-0.25, -0.2) is 9.18 Å². The topological polar surface area (TPSA) is 50.4 Å². The molecule has 2 N–H and O–H groups in total. The maximum absolute atomic E-state index is 13.7. The predicted octanol–water partition coefficient (Wildman–Crippen LogP) is 3.32. The molecule has 0 radical (unpaired) electrons. The molecule has 0 bridgehead atoms. The summed E-state index contributed by atoms with van der Waals surface area (Å²) in [6, 6.07) is 14.9. The van der Waals surface area contributed by atoms with Crippen molar-refractivity contribution in [2.45, 2.75) is 13.0 Å². The first kappa shape index (κ1) is 17.1. The van der Waals surface area contributed by atoms with Crippen LogP contribution < -0.4 is 10.6 Å². The molecular formula is C19H17FN2O2S. The molecule has 0 spiro atoms. The predicted molar refractivity (Wildman–Crippen MR) is 98.0 cm³/mol. The quantitative estimate of drug-likeness (QED) is 0.650. The Bertz CT molecular complexity index is 836. The van der Waals surface area contributed by atoms with Gasteiger partial charge in [0.15, 0.2) is 5.11 Å². The van der Waals surface area contributed by atoms with Crippen LogP contribution in [-0.2, 0) is 9.53 Å². The normalized spacial score (nSPS) is 16.9. The lowest BCUT2D eigenvalue weighted by Crippen LogP contribution is -2.45. The van der Waals surface area contributed by atoms with E-state index in [4.69, 9.17) is 17.0 Å². The number of ether oxygens (including phenoxy) is 1. The van der Waals surface area contributed by atoms with Gasteiger partial charge in [0.05, 0.1) is 23.9 Å². The van der Waals surface area contributed by atoms with E-state index in [-0.39, 0.29) is 12.4 Å². The minimum atomic E-state index is -0.598. The van der Waals surface area contributed by atoms with Crippen molar-refractivity contribution in [2.75, 3.05) is 6.61 Å². The van der Waals surface area contributed by atoms with Crippen LogP contribution >= 0.6 is 12.2 Å². The fourth-order valence-electron chi connectivity index (χ4n) is 2.76. The standard InChI is InChI=1S/C19H17FN2O2S/c1-2-24-18(23)15-16(12-7-4-3-5-8-12)21-19(25)22-17(15)13-9-6-10-14(20)11-13/h3-11,17H,2H2,1H3,(H2,21,22,25)/t17-/m1/s1. The molecule has 2 aromatic rings. The van der Waals surface area contributed by atoms with Crippen LogP contribution in [0.15, 0.2) is 60.2 Å². The molecule has 0 saturated carbocycles. The molecule has 0 aliphatic carbocycles. The fourth-order valence-corrected chi connectivity index (χ4v) is 2.98. The molecule has 1 heterocycles. The van der Waals surface area contributed by atoms with Crippen LogP contribution in [0.5, 0.6) is 0 Å². The first-order valence-electron chi connectivity index (χ1n) is 7.90. The molecule has 3 rings (SSSR count). The maximum Gasteiger partial charge on any atom is 0.338 e. The van der Waals surface area contributed by atoms with Gasteiger partial charge in [-0.2, -0.15) is 0 Å². The van der Waals surface area contributed by atoms with Crippen molar-refractivity contribution in [1.29, 1.82) is 0 Å². The van der Waals surface area contributed by atoms with Gasteiger partial charge in [-0.1, -0.05) is 42.5 Å². The Morgan fingerprint density at radius 3 is 2.64 bits per heavy atom. The first-order chi connectivity index (χ1) is 12.1. The second-order valence-corrected chi connectivity index (χ2v) is 5.87. The van der Waals surface area contributed by atoms with Gasteiger partial charge in [0.25, 0.3) is 0 Å². The molecule has 1 aliphatic rings. The van der Waals surface area contributed by atoms with Crippen LogP contribution in [0.4, 0.5) is 4.39 Å². The van der Waals surface area contributed by atoms with Crippen molar-refractivity contribution in [1.82, 2.24) is 10.6 Å². The zero-order chi connectivity index (χ0) is 17.8. The van der Waals surface area contributed by atoms with Crippen LogP contribution in [0.25, 0.3) is 5.70 Å². The zero-order valence-corrected chi connectivity index (χ0v) is 14.4. The average Bonchev–Trinajstić information content (AvgIpc) is 2.62. The third kappa shape index (κ3) is 3.69. The number of nitrogens with one attached hydrogen (secondary N) is 2. The second kappa shape index (κ2) is 7.44. The summed E-state index contributed by atoms with van der Waals surface area (Å²) in [4.78, 5) is 12.7. The summed E-state index contributed by atoms with van der Waals surface area (Å²) in [5.74, 6) is -0.855. The smallest absolute Gasteiger partial charge is 0.338 e. The van der Waals surface area contributed by atoms with Gasteiger partial charge in [0.2, 0.25) is 0 Å². The number of rotatable bonds is 4. The van der Waals surface area contributed by atoms with Gasteiger partial charge in [0, 0.05) is 0 Å². The molecular weight excluding hydrogens is 339 g/mol. The van der Waals surface area contributed by atoms with Crippen molar-refractivity contribution in [3.8, 4) is 0 Å². The molecule has 0 saturated heterocycles. The van der Waals surface area contributed by atoms with E-state index in [1.807, 2.05) is 30.3 Å². The van der Waals surface area contributed by atoms with Gasteiger partial charge >= 0.3 is 5.97 Å². The van der Waals surface area contributed by atoms with Crippen molar-refractivity contribution >= 4 is 29.0 Å². The summed E-state index contributed by atoms with van der Waals surface area (Å²) in [5, 5.41) is 6.45. The molecule has 25 heavy (non-hydrogen) atoms. The van der Waals surface area contributed by atoms with Gasteiger partial charge in [-0.15, -0.1) is 0 Å². The molecule has 0 aromatic heterocycles. The van der Waals surface area contributed by atoms with Crippen molar-refractivity contribution in [3.05, 3.63) is 77.1 Å². The van der Waals surface area contributed by atoms with E-state index >= 15 is 0 Å². The van der Waals surface area contributed by atoms with Crippen molar-refractivity contribution in [3.63, 3.8) is 0 Å². The monoisotopic (exact) mass is 356 g/mol. The van der Waals surface area contributed by atoms with E-state index in [0.717, 1.165) is 5.56 Å². The van der Waals surface area contributed by atoms with Crippen LogP contribution in [0.3, 0.4) is 0 Å². The lowest BCUT2D eigenvalue weighted by Gasteiger charge is -2.31. The van der Waals surface area contributed by atoms with Crippen LogP contribution in [-0.4, -0.2) is 17.7 Å². The molecule has 1 aliphatic heterocycles. The highest BCUT2D eigenvalue weighted by Crippen LogP contribution is 2.32. The van der Waals surface area contributed by atoms with Gasteiger partial charge < -0.3 is 15.4 Å². The maximum atomic E-state index is 13.7. The van der Waals surface area contributed by atoms with E-state index < -0.39 is 12.0 Å². The summed E-state index contributed by atoms with van der Waals surface area (Å²) in [7, 11) is 0. The van der Waals surface area contributed by atoms with Crippen molar-refractivity contribution in [2.24, 2.45) is 0 Å². The zero-order valence-electron chi connectivity index (χ0n) is 13.6. The molecule has 6 heteroatoms. The number of carbonyl (C=O) groups excluding carboxylic acids is 1. The molecule has 2 aromatic carbocycles. The highest BCUT2D eigenvalue weighted by molar-refractivity contribution is 7.80. The molecule has 0 amide bonds. The number of benzene rings is 2. The lowest BCUT2D eigenvalue weighted by molar-refractivity contribution is -0.138. The number of halogens is 1. The number of hydrogen-bond acceptors (Lipinski definition) is 3. The van der Waals surface area contributed by atoms with E-state index in [1.165, 1.54) is 12.1 Å². The van der Waals surface area contributed by atoms with Crippen LogP contribution in [0, 0.1) is 5.82 Å².